The van der Waals surface area contributed by atoms with Crippen LogP contribution in [0.25, 0.3) is 11.2 Å². The molecule has 20 heavy (non-hydrogen) atoms. The fourth-order valence-electron chi connectivity index (χ4n) is 2.05. The summed E-state index contributed by atoms with van der Waals surface area (Å²) >= 11 is 6.16. The van der Waals surface area contributed by atoms with Crippen LogP contribution < -0.4 is 0 Å². The van der Waals surface area contributed by atoms with Crippen molar-refractivity contribution in [2.24, 2.45) is 0 Å². The van der Waals surface area contributed by atoms with E-state index in [0.717, 1.165) is 11.1 Å². The zero-order valence-electron chi connectivity index (χ0n) is 11.8. The maximum Gasteiger partial charge on any atom is 0.160 e. The number of aryl methyl sites for hydroxylation is 2. The van der Waals surface area contributed by atoms with Gasteiger partial charge in [0.25, 0.3) is 0 Å². The molecule has 1 unspecified atom stereocenters. The second-order valence-corrected chi connectivity index (χ2v) is 7.90. The van der Waals surface area contributed by atoms with Gasteiger partial charge in [-0.05, 0) is 25.5 Å². The van der Waals surface area contributed by atoms with E-state index in [-0.39, 0.29) is 16.9 Å². The van der Waals surface area contributed by atoms with Gasteiger partial charge >= 0.3 is 0 Å². The SMILES string of the molecule is CCS(=O)(=O)CCn1c(C(C)Cl)nc2c(C)ccnc21. The summed E-state index contributed by atoms with van der Waals surface area (Å²) < 4.78 is 25.2. The normalized spacial score (nSPS) is 13.8. The minimum Gasteiger partial charge on any atom is -0.310 e. The van der Waals surface area contributed by atoms with Crippen LogP contribution in [-0.2, 0) is 16.4 Å². The van der Waals surface area contributed by atoms with Crippen LogP contribution in [0.1, 0.15) is 30.6 Å². The molecule has 7 heteroatoms. The van der Waals surface area contributed by atoms with Crippen LogP contribution in [0.3, 0.4) is 0 Å². The van der Waals surface area contributed by atoms with Gasteiger partial charge in [0.2, 0.25) is 0 Å². The molecule has 2 heterocycles. The lowest BCUT2D eigenvalue weighted by atomic mass is 10.3. The quantitative estimate of drug-likeness (QED) is 0.795. The summed E-state index contributed by atoms with van der Waals surface area (Å²) in [5, 5.41) is -0.298. The third-order valence-corrected chi connectivity index (χ3v) is 5.17. The summed E-state index contributed by atoms with van der Waals surface area (Å²) in [4.78, 5) is 8.83. The molecule has 2 rings (SSSR count). The Morgan fingerprint density at radius 1 is 1.45 bits per heavy atom. The van der Waals surface area contributed by atoms with Crippen molar-refractivity contribution in [2.75, 3.05) is 11.5 Å². The zero-order valence-corrected chi connectivity index (χ0v) is 13.4. The molecule has 1 atom stereocenters. The van der Waals surface area contributed by atoms with Gasteiger partial charge in [0, 0.05) is 18.5 Å². The number of hydrogen-bond acceptors (Lipinski definition) is 4. The van der Waals surface area contributed by atoms with Gasteiger partial charge in [-0.25, -0.2) is 18.4 Å². The Hall–Kier alpha value is -1.14. The van der Waals surface area contributed by atoms with E-state index >= 15 is 0 Å². The number of fused-ring (bicyclic) bond motifs is 1. The van der Waals surface area contributed by atoms with Crippen LogP contribution in [0.5, 0.6) is 0 Å². The Labute approximate surface area is 123 Å². The number of pyridine rings is 1. The van der Waals surface area contributed by atoms with Crippen molar-refractivity contribution in [3.05, 3.63) is 23.7 Å². The maximum atomic E-state index is 11.7. The molecule has 0 spiro atoms. The van der Waals surface area contributed by atoms with Gasteiger partial charge in [-0.1, -0.05) is 6.92 Å². The van der Waals surface area contributed by atoms with E-state index < -0.39 is 9.84 Å². The summed E-state index contributed by atoms with van der Waals surface area (Å²) in [6.07, 6.45) is 1.70. The van der Waals surface area contributed by atoms with Crippen molar-refractivity contribution < 1.29 is 8.42 Å². The van der Waals surface area contributed by atoms with Crippen LogP contribution in [0.15, 0.2) is 12.3 Å². The molecule has 0 aliphatic carbocycles. The average Bonchev–Trinajstić information content (AvgIpc) is 2.77. The molecule has 5 nitrogen and oxygen atoms in total. The Morgan fingerprint density at radius 3 is 2.75 bits per heavy atom. The number of hydrogen-bond donors (Lipinski definition) is 0. The van der Waals surface area contributed by atoms with Crippen LogP contribution in [0.4, 0.5) is 0 Å². The van der Waals surface area contributed by atoms with Crippen molar-refractivity contribution in [1.29, 1.82) is 0 Å². The van der Waals surface area contributed by atoms with Crippen molar-refractivity contribution >= 4 is 32.6 Å². The highest BCUT2D eigenvalue weighted by molar-refractivity contribution is 7.91. The molecule has 110 valence electrons. The second kappa shape index (κ2) is 5.69. The van der Waals surface area contributed by atoms with E-state index in [1.54, 1.807) is 13.1 Å². The van der Waals surface area contributed by atoms with Crippen LogP contribution in [0, 0.1) is 6.92 Å². The molecule has 0 aromatic carbocycles. The Morgan fingerprint density at radius 2 is 2.15 bits per heavy atom. The molecule has 0 saturated heterocycles. The highest BCUT2D eigenvalue weighted by atomic mass is 35.5. The lowest BCUT2D eigenvalue weighted by Crippen LogP contribution is -2.16. The highest BCUT2D eigenvalue weighted by Gasteiger charge is 2.18. The van der Waals surface area contributed by atoms with E-state index in [1.807, 2.05) is 24.5 Å². The highest BCUT2D eigenvalue weighted by Crippen LogP contribution is 2.25. The number of rotatable bonds is 5. The van der Waals surface area contributed by atoms with Gasteiger partial charge in [0.15, 0.2) is 15.5 Å². The first kappa shape index (κ1) is 15.3. The average molecular weight is 316 g/mol. The minimum absolute atomic E-state index is 0.0706. The fourth-order valence-corrected chi connectivity index (χ4v) is 2.97. The first-order valence-corrected chi connectivity index (χ1v) is 8.77. The predicted molar refractivity (Wildman–Crippen MR) is 80.9 cm³/mol. The lowest BCUT2D eigenvalue weighted by Gasteiger charge is -2.09. The lowest BCUT2D eigenvalue weighted by molar-refractivity contribution is 0.588. The molecule has 0 bridgehead atoms. The van der Waals surface area contributed by atoms with Crippen LogP contribution in [-0.4, -0.2) is 34.5 Å². The Bertz CT molecular complexity index is 723. The van der Waals surface area contributed by atoms with Gasteiger partial charge < -0.3 is 4.57 Å². The summed E-state index contributed by atoms with van der Waals surface area (Å²) in [6, 6.07) is 1.88. The topological polar surface area (TPSA) is 64.8 Å². The van der Waals surface area contributed by atoms with Crippen molar-refractivity contribution in [2.45, 2.75) is 32.7 Å². The molecule has 0 radical (unpaired) electrons. The molecule has 2 aromatic rings. The van der Waals surface area contributed by atoms with Crippen LogP contribution >= 0.6 is 11.6 Å². The molecule has 2 aromatic heterocycles. The number of imidazole rings is 1. The van der Waals surface area contributed by atoms with Gasteiger partial charge in [0.05, 0.1) is 11.1 Å². The summed E-state index contributed by atoms with van der Waals surface area (Å²) in [5.41, 5.74) is 2.48. The van der Waals surface area contributed by atoms with Gasteiger partial charge in [0.1, 0.15) is 11.3 Å². The van der Waals surface area contributed by atoms with E-state index in [0.29, 0.717) is 18.0 Å². The van der Waals surface area contributed by atoms with E-state index in [9.17, 15) is 8.42 Å². The maximum absolute atomic E-state index is 11.7. The summed E-state index contributed by atoms with van der Waals surface area (Å²) in [6.45, 7) is 5.75. The monoisotopic (exact) mass is 315 g/mol. The molecule has 0 aliphatic heterocycles. The predicted octanol–water partition coefficient (Wildman–Crippen LogP) is 2.47. The van der Waals surface area contributed by atoms with Crippen molar-refractivity contribution in [1.82, 2.24) is 14.5 Å². The molecular weight excluding hydrogens is 298 g/mol. The molecule has 0 fully saturated rings. The Balaban J connectivity index is 2.50. The second-order valence-electron chi connectivity index (χ2n) is 4.77. The first-order valence-electron chi connectivity index (χ1n) is 6.52. The van der Waals surface area contributed by atoms with Gasteiger partial charge in [-0.15, -0.1) is 11.6 Å². The van der Waals surface area contributed by atoms with Gasteiger partial charge in [-0.2, -0.15) is 0 Å². The molecule has 0 amide bonds. The van der Waals surface area contributed by atoms with Crippen molar-refractivity contribution in [3.8, 4) is 0 Å². The van der Waals surface area contributed by atoms with E-state index in [1.165, 1.54) is 0 Å². The third-order valence-electron chi connectivity index (χ3n) is 3.29. The molecular formula is C13H18ClN3O2S. The molecule has 0 aliphatic rings. The smallest absolute Gasteiger partial charge is 0.160 e. The van der Waals surface area contributed by atoms with Crippen LogP contribution in [0.2, 0.25) is 0 Å². The Kier molecular flexibility index (Phi) is 4.34. The summed E-state index contributed by atoms with van der Waals surface area (Å²) in [7, 11) is -3.04. The van der Waals surface area contributed by atoms with E-state index in [2.05, 4.69) is 9.97 Å². The third kappa shape index (κ3) is 2.96. The number of alkyl halides is 1. The van der Waals surface area contributed by atoms with Crippen molar-refractivity contribution in [3.63, 3.8) is 0 Å². The number of nitrogens with zero attached hydrogens (tertiary/aromatic N) is 3. The largest absolute Gasteiger partial charge is 0.310 e. The molecule has 0 saturated carbocycles. The van der Waals surface area contributed by atoms with Gasteiger partial charge in [-0.3, -0.25) is 0 Å². The summed E-state index contributed by atoms with van der Waals surface area (Å²) in [5.74, 6) is 0.869. The zero-order chi connectivity index (χ0) is 14.9. The number of sulfone groups is 1. The molecule has 0 N–H and O–H groups in total. The minimum atomic E-state index is -3.04. The first-order chi connectivity index (χ1) is 9.35. The fraction of sp³-hybridized carbons (Fsp3) is 0.538. The number of halogens is 1. The van der Waals surface area contributed by atoms with E-state index in [4.69, 9.17) is 11.6 Å². The number of aromatic nitrogens is 3. The standard InChI is InChI=1S/C13H18ClN3O2S/c1-4-20(18,19)8-7-17-12(10(3)14)16-11-9(2)5-6-15-13(11)17/h5-6,10H,4,7-8H2,1-3H3.